The smallest absolute Gasteiger partial charge is 0.246 e. The van der Waals surface area contributed by atoms with Crippen LogP contribution in [0.15, 0.2) is 91.0 Å². The van der Waals surface area contributed by atoms with Crippen molar-refractivity contribution in [3.63, 3.8) is 0 Å². The van der Waals surface area contributed by atoms with Crippen LogP contribution in [0.25, 0.3) is 0 Å². The topological polar surface area (TPSA) is 102 Å². The number of benzene rings is 3. The first-order valence-corrected chi connectivity index (χ1v) is 16.4. The van der Waals surface area contributed by atoms with Gasteiger partial charge in [0.05, 0.1) is 11.5 Å². The number of nitrogens with zero attached hydrogens (tertiary/aromatic N) is 2. The van der Waals surface area contributed by atoms with Gasteiger partial charge < -0.3 is 25.5 Å². The number of aliphatic hydroxyl groups is 1. The Kier molecular flexibility index (Phi) is 9.61. The molecular formula is C37H44N4O4. The molecule has 45 heavy (non-hydrogen) atoms. The number of aliphatic hydroxyl groups excluding tert-OH is 1. The van der Waals surface area contributed by atoms with Gasteiger partial charge in [-0.05, 0) is 61.4 Å². The molecule has 0 saturated carbocycles. The van der Waals surface area contributed by atoms with E-state index in [4.69, 9.17) is 0 Å². The Hall–Kier alpha value is -4.01. The summed E-state index contributed by atoms with van der Waals surface area (Å²) >= 11 is 0. The highest BCUT2D eigenvalue weighted by Crippen LogP contribution is 2.43. The SMILES string of the molecule is O=C(NC[C@H]1CCCNC1)[C@H]1CCCN1C(=O)[C@@H]1C[C@@H](O)CN1C(=O)CC(c1ccccc1)(c1ccccc1)c1ccccc1. The number of hydrogen-bond acceptors (Lipinski definition) is 5. The van der Waals surface area contributed by atoms with Crippen molar-refractivity contribution in [3.8, 4) is 0 Å². The van der Waals surface area contributed by atoms with Gasteiger partial charge >= 0.3 is 0 Å². The quantitative estimate of drug-likeness (QED) is 0.323. The van der Waals surface area contributed by atoms with Crippen LogP contribution in [0.1, 0.15) is 55.2 Å². The molecule has 3 aliphatic rings. The Bertz CT molecular complexity index is 1350. The highest BCUT2D eigenvalue weighted by molar-refractivity contribution is 5.93. The van der Waals surface area contributed by atoms with E-state index in [0.717, 1.165) is 49.0 Å². The molecule has 0 aromatic heterocycles. The van der Waals surface area contributed by atoms with Crippen molar-refractivity contribution in [1.29, 1.82) is 0 Å². The Morgan fingerprint density at radius 1 is 0.800 bits per heavy atom. The van der Waals surface area contributed by atoms with Crippen LogP contribution in [0.5, 0.6) is 0 Å². The van der Waals surface area contributed by atoms with Crippen LogP contribution in [-0.2, 0) is 19.8 Å². The number of rotatable bonds is 9. The van der Waals surface area contributed by atoms with Gasteiger partial charge in [-0.1, -0.05) is 91.0 Å². The van der Waals surface area contributed by atoms with E-state index in [9.17, 15) is 19.5 Å². The molecule has 3 saturated heterocycles. The molecule has 0 unspecified atom stereocenters. The van der Waals surface area contributed by atoms with E-state index < -0.39 is 23.6 Å². The first kappa shape index (κ1) is 31.0. The average Bonchev–Trinajstić information content (AvgIpc) is 3.75. The Labute approximate surface area is 265 Å². The van der Waals surface area contributed by atoms with Crippen molar-refractivity contribution < 1.29 is 19.5 Å². The second-order valence-corrected chi connectivity index (χ2v) is 12.8. The average molecular weight is 609 g/mol. The fourth-order valence-corrected chi connectivity index (χ4v) is 7.58. The molecule has 0 radical (unpaired) electrons. The maximum Gasteiger partial charge on any atom is 0.246 e. The molecule has 3 amide bonds. The lowest BCUT2D eigenvalue weighted by Gasteiger charge is -2.38. The van der Waals surface area contributed by atoms with E-state index in [1.807, 2.05) is 91.0 Å². The lowest BCUT2D eigenvalue weighted by Crippen LogP contribution is -2.54. The predicted octanol–water partition coefficient (Wildman–Crippen LogP) is 3.48. The van der Waals surface area contributed by atoms with Crippen molar-refractivity contribution in [2.24, 2.45) is 5.92 Å². The van der Waals surface area contributed by atoms with Crippen molar-refractivity contribution in [2.45, 2.75) is 62.1 Å². The molecule has 0 spiro atoms. The fourth-order valence-electron chi connectivity index (χ4n) is 7.58. The molecule has 236 valence electrons. The number of carbonyl (C=O) groups is 3. The van der Waals surface area contributed by atoms with Crippen LogP contribution in [0.4, 0.5) is 0 Å². The van der Waals surface area contributed by atoms with Crippen molar-refractivity contribution in [3.05, 3.63) is 108 Å². The van der Waals surface area contributed by atoms with Crippen molar-refractivity contribution in [2.75, 3.05) is 32.7 Å². The number of piperidine rings is 1. The van der Waals surface area contributed by atoms with Crippen LogP contribution in [0.2, 0.25) is 0 Å². The molecule has 3 aliphatic heterocycles. The summed E-state index contributed by atoms with van der Waals surface area (Å²) in [7, 11) is 0. The molecule has 3 fully saturated rings. The number of nitrogens with one attached hydrogen (secondary N) is 2. The summed E-state index contributed by atoms with van der Waals surface area (Å²) in [6.45, 7) is 3.06. The standard InChI is InChI=1S/C37H44N4O4/c42-31-22-33(36(45)40-21-11-19-32(40)35(44)39-25-27-12-10-20-38-24-27)41(26-31)34(43)23-37(28-13-4-1-5-14-28,29-15-6-2-7-16-29)30-17-8-3-9-18-30/h1-9,13-18,27,31-33,38,42H,10-12,19-26H2,(H,39,44)/t27-,31+,32+,33-/m0/s1. The summed E-state index contributed by atoms with van der Waals surface area (Å²) in [5, 5.41) is 17.3. The van der Waals surface area contributed by atoms with Gasteiger partial charge in [0.25, 0.3) is 0 Å². The molecule has 3 heterocycles. The number of amides is 3. The monoisotopic (exact) mass is 608 g/mol. The minimum atomic E-state index is -0.816. The summed E-state index contributed by atoms with van der Waals surface area (Å²) < 4.78 is 0. The normalized spacial score (nSPS) is 23.6. The van der Waals surface area contributed by atoms with Gasteiger partial charge in [0.1, 0.15) is 12.1 Å². The van der Waals surface area contributed by atoms with E-state index >= 15 is 0 Å². The van der Waals surface area contributed by atoms with Crippen molar-refractivity contribution >= 4 is 17.7 Å². The Balaban J connectivity index is 1.26. The lowest BCUT2D eigenvalue weighted by atomic mass is 9.67. The summed E-state index contributed by atoms with van der Waals surface area (Å²) in [5.41, 5.74) is 2.11. The van der Waals surface area contributed by atoms with Crippen LogP contribution < -0.4 is 10.6 Å². The maximum atomic E-state index is 14.5. The summed E-state index contributed by atoms with van der Waals surface area (Å²) in [6, 6.07) is 28.7. The second kappa shape index (κ2) is 14.0. The first-order valence-electron chi connectivity index (χ1n) is 16.4. The molecule has 0 aliphatic carbocycles. The fraction of sp³-hybridized carbons (Fsp3) is 0.432. The molecule has 0 bridgehead atoms. The first-order chi connectivity index (χ1) is 22.0. The summed E-state index contributed by atoms with van der Waals surface area (Å²) in [4.78, 5) is 45.2. The number of hydrogen-bond donors (Lipinski definition) is 3. The molecule has 3 aromatic carbocycles. The molecule has 3 aromatic rings. The molecule has 8 heteroatoms. The molecule has 3 N–H and O–H groups in total. The summed E-state index contributed by atoms with van der Waals surface area (Å²) in [6.07, 6.45) is 2.95. The van der Waals surface area contributed by atoms with Gasteiger partial charge in [-0.25, -0.2) is 0 Å². The van der Waals surface area contributed by atoms with Gasteiger partial charge in [-0.2, -0.15) is 0 Å². The van der Waals surface area contributed by atoms with Crippen LogP contribution >= 0.6 is 0 Å². The Morgan fingerprint density at radius 2 is 1.40 bits per heavy atom. The molecule has 8 nitrogen and oxygen atoms in total. The van der Waals surface area contributed by atoms with Gasteiger partial charge in [0.2, 0.25) is 17.7 Å². The largest absolute Gasteiger partial charge is 0.391 e. The van der Waals surface area contributed by atoms with E-state index in [2.05, 4.69) is 10.6 Å². The van der Waals surface area contributed by atoms with Crippen LogP contribution in [0, 0.1) is 5.92 Å². The zero-order chi connectivity index (χ0) is 31.2. The third-order valence-electron chi connectivity index (χ3n) is 9.90. The molecule has 4 atom stereocenters. The molecule has 6 rings (SSSR count). The number of likely N-dealkylation sites (tertiary alicyclic amines) is 2. The van der Waals surface area contributed by atoms with Crippen LogP contribution in [-0.4, -0.2) is 83.5 Å². The van der Waals surface area contributed by atoms with E-state index in [0.29, 0.717) is 25.4 Å². The van der Waals surface area contributed by atoms with Gasteiger partial charge in [-0.3, -0.25) is 14.4 Å². The number of β-amino-alcohol motifs (C(OH)–C–C–N with tert-alkyl or cyclic N) is 1. The highest BCUT2D eigenvalue weighted by Gasteiger charge is 2.47. The second-order valence-electron chi connectivity index (χ2n) is 12.8. The van der Waals surface area contributed by atoms with Gasteiger partial charge in [0, 0.05) is 32.5 Å². The zero-order valence-corrected chi connectivity index (χ0v) is 25.8. The predicted molar refractivity (Wildman–Crippen MR) is 173 cm³/mol. The van der Waals surface area contributed by atoms with E-state index in [1.54, 1.807) is 9.80 Å². The Morgan fingerprint density at radius 3 is 1.96 bits per heavy atom. The van der Waals surface area contributed by atoms with Crippen molar-refractivity contribution in [1.82, 2.24) is 20.4 Å². The zero-order valence-electron chi connectivity index (χ0n) is 25.8. The lowest BCUT2D eigenvalue weighted by molar-refractivity contribution is -0.146. The molecular weight excluding hydrogens is 564 g/mol. The highest BCUT2D eigenvalue weighted by atomic mass is 16.3. The maximum absolute atomic E-state index is 14.5. The third kappa shape index (κ3) is 6.53. The minimum absolute atomic E-state index is 0.0842. The van der Waals surface area contributed by atoms with Gasteiger partial charge in [0.15, 0.2) is 0 Å². The third-order valence-corrected chi connectivity index (χ3v) is 9.90. The van der Waals surface area contributed by atoms with E-state index in [-0.39, 0.29) is 37.1 Å². The minimum Gasteiger partial charge on any atom is -0.391 e. The number of carbonyl (C=O) groups excluding carboxylic acids is 3. The van der Waals surface area contributed by atoms with Gasteiger partial charge in [-0.15, -0.1) is 0 Å². The van der Waals surface area contributed by atoms with Crippen LogP contribution in [0.3, 0.4) is 0 Å². The summed E-state index contributed by atoms with van der Waals surface area (Å²) in [5.74, 6) is -0.183. The van der Waals surface area contributed by atoms with E-state index in [1.165, 1.54) is 0 Å².